The Hall–Kier alpha value is -0.120. The first-order valence-electron chi connectivity index (χ1n) is 5.01. The van der Waals surface area contributed by atoms with E-state index in [1.165, 1.54) is 6.42 Å². The molecule has 0 radical (unpaired) electrons. The number of rotatable bonds is 4. The van der Waals surface area contributed by atoms with Gasteiger partial charge in [0.1, 0.15) is 0 Å². The van der Waals surface area contributed by atoms with E-state index in [0.717, 1.165) is 12.3 Å². The molecule has 0 bridgehead atoms. The van der Waals surface area contributed by atoms with Gasteiger partial charge in [-0.2, -0.15) is 0 Å². The molecule has 0 aromatic carbocycles. The van der Waals surface area contributed by atoms with Gasteiger partial charge in [-0.15, -0.1) is 0 Å². The third-order valence-corrected chi connectivity index (χ3v) is 2.30. The van der Waals surface area contributed by atoms with Crippen LogP contribution in [0.3, 0.4) is 0 Å². The zero-order chi connectivity index (χ0) is 9.68. The summed E-state index contributed by atoms with van der Waals surface area (Å²) in [6.07, 6.45) is 2.32. The molecule has 0 amide bonds. The lowest BCUT2D eigenvalue weighted by molar-refractivity contribution is -0.313. The van der Waals surface area contributed by atoms with Gasteiger partial charge in [0.2, 0.25) is 0 Å². The van der Waals surface area contributed by atoms with Crippen molar-refractivity contribution in [2.24, 2.45) is 11.8 Å². The standard InChI is InChI=1S/C10H20O3/c1-8(2)4-5-9(3)10-12-6-11-7-13-10/h8-10H,4-7H2,1-3H3. The fraction of sp³-hybridized carbons (Fsp3) is 1.00. The molecule has 1 saturated heterocycles. The maximum absolute atomic E-state index is 5.33. The van der Waals surface area contributed by atoms with Crippen LogP contribution in [-0.4, -0.2) is 19.9 Å². The molecule has 0 saturated carbocycles. The first kappa shape index (κ1) is 11.0. The van der Waals surface area contributed by atoms with Crippen molar-refractivity contribution in [2.45, 2.75) is 39.9 Å². The van der Waals surface area contributed by atoms with E-state index < -0.39 is 0 Å². The summed E-state index contributed by atoms with van der Waals surface area (Å²) < 4.78 is 15.6. The van der Waals surface area contributed by atoms with Gasteiger partial charge in [0.15, 0.2) is 19.9 Å². The highest BCUT2D eigenvalue weighted by atomic mass is 16.8. The van der Waals surface area contributed by atoms with Crippen molar-refractivity contribution in [2.75, 3.05) is 13.6 Å². The number of ether oxygens (including phenoxy) is 3. The lowest BCUT2D eigenvalue weighted by Gasteiger charge is -2.28. The molecule has 3 heteroatoms. The van der Waals surface area contributed by atoms with Gasteiger partial charge in [-0.25, -0.2) is 0 Å². The maximum Gasteiger partial charge on any atom is 0.165 e. The molecule has 78 valence electrons. The van der Waals surface area contributed by atoms with E-state index in [9.17, 15) is 0 Å². The highest BCUT2D eigenvalue weighted by Gasteiger charge is 2.21. The Morgan fingerprint density at radius 2 is 1.69 bits per heavy atom. The van der Waals surface area contributed by atoms with Gasteiger partial charge in [-0.3, -0.25) is 0 Å². The molecule has 3 nitrogen and oxygen atoms in total. The van der Waals surface area contributed by atoms with E-state index in [-0.39, 0.29) is 6.29 Å². The Balaban J connectivity index is 2.17. The summed E-state index contributed by atoms with van der Waals surface area (Å²) in [4.78, 5) is 0. The highest BCUT2D eigenvalue weighted by Crippen LogP contribution is 2.20. The van der Waals surface area contributed by atoms with Crippen LogP contribution in [0.25, 0.3) is 0 Å². The third-order valence-electron chi connectivity index (χ3n) is 2.30. The minimum atomic E-state index is -0.0625. The molecule has 1 rings (SSSR count). The fourth-order valence-electron chi connectivity index (χ4n) is 1.37. The van der Waals surface area contributed by atoms with Gasteiger partial charge in [-0.05, 0) is 12.3 Å². The van der Waals surface area contributed by atoms with E-state index in [1.54, 1.807) is 0 Å². The molecular formula is C10H20O3. The summed E-state index contributed by atoms with van der Waals surface area (Å²) in [5.74, 6) is 1.22. The van der Waals surface area contributed by atoms with Crippen LogP contribution in [0.2, 0.25) is 0 Å². The molecular weight excluding hydrogens is 168 g/mol. The Morgan fingerprint density at radius 1 is 1.08 bits per heavy atom. The summed E-state index contributed by atoms with van der Waals surface area (Å²) in [6, 6.07) is 0. The van der Waals surface area contributed by atoms with Crippen molar-refractivity contribution in [1.82, 2.24) is 0 Å². The molecule has 0 aliphatic carbocycles. The minimum Gasteiger partial charge on any atom is -0.329 e. The van der Waals surface area contributed by atoms with Crippen LogP contribution >= 0.6 is 0 Å². The van der Waals surface area contributed by atoms with Crippen molar-refractivity contribution in [1.29, 1.82) is 0 Å². The number of hydrogen-bond acceptors (Lipinski definition) is 3. The lowest BCUT2D eigenvalue weighted by Crippen LogP contribution is -2.32. The second-order valence-electron chi connectivity index (χ2n) is 4.09. The summed E-state index contributed by atoms with van der Waals surface area (Å²) >= 11 is 0. The summed E-state index contributed by atoms with van der Waals surface area (Å²) in [5.41, 5.74) is 0. The Bertz CT molecular complexity index is 130. The van der Waals surface area contributed by atoms with Crippen molar-refractivity contribution in [3.05, 3.63) is 0 Å². The molecule has 1 unspecified atom stereocenters. The van der Waals surface area contributed by atoms with Crippen LogP contribution in [0.5, 0.6) is 0 Å². The van der Waals surface area contributed by atoms with Gasteiger partial charge in [0.05, 0.1) is 0 Å². The molecule has 1 aliphatic heterocycles. The van der Waals surface area contributed by atoms with Gasteiger partial charge in [0, 0.05) is 5.92 Å². The van der Waals surface area contributed by atoms with Crippen LogP contribution < -0.4 is 0 Å². The predicted octanol–water partition coefficient (Wildman–Crippen LogP) is 2.36. The normalized spacial score (nSPS) is 22.2. The second kappa shape index (κ2) is 5.58. The minimum absolute atomic E-state index is 0.0625. The van der Waals surface area contributed by atoms with Crippen LogP contribution in [0.15, 0.2) is 0 Å². The Morgan fingerprint density at radius 3 is 2.23 bits per heavy atom. The molecule has 0 aromatic rings. The fourth-order valence-corrected chi connectivity index (χ4v) is 1.37. The maximum atomic E-state index is 5.33. The lowest BCUT2D eigenvalue weighted by atomic mass is 9.99. The topological polar surface area (TPSA) is 27.7 Å². The Labute approximate surface area is 80.4 Å². The average molecular weight is 188 g/mol. The molecule has 1 atom stereocenters. The summed E-state index contributed by atoms with van der Waals surface area (Å²) in [6.45, 7) is 7.38. The van der Waals surface area contributed by atoms with Gasteiger partial charge in [-0.1, -0.05) is 27.2 Å². The third kappa shape index (κ3) is 4.07. The molecule has 13 heavy (non-hydrogen) atoms. The van der Waals surface area contributed by atoms with Gasteiger partial charge in [0.25, 0.3) is 0 Å². The Kier molecular flexibility index (Phi) is 4.70. The molecule has 1 aliphatic rings. The molecule has 0 spiro atoms. The van der Waals surface area contributed by atoms with Gasteiger partial charge < -0.3 is 14.2 Å². The van der Waals surface area contributed by atoms with Crippen LogP contribution in [0, 0.1) is 11.8 Å². The highest BCUT2D eigenvalue weighted by molar-refractivity contribution is 4.59. The monoisotopic (exact) mass is 188 g/mol. The zero-order valence-corrected chi connectivity index (χ0v) is 8.79. The van der Waals surface area contributed by atoms with Crippen molar-refractivity contribution in [3.8, 4) is 0 Å². The van der Waals surface area contributed by atoms with Crippen LogP contribution in [-0.2, 0) is 14.2 Å². The predicted molar refractivity (Wildman–Crippen MR) is 50.0 cm³/mol. The summed E-state index contributed by atoms with van der Waals surface area (Å²) in [5, 5.41) is 0. The largest absolute Gasteiger partial charge is 0.329 e. The quantitative estimate of drug-likeness (QED) is 0.678. The van der Waals surface area contributed by atoms with Crippen molar-refractivity contribution in [3.63, 3.8) is 0 Å². The van der Waals surface area contributed by atoms with E-state index in [0.29, 0.717) is 19.5 Å². The molecule has 1 heterocycles. The molecule has 0 N–H and O–H groups in total. The van der Waals surface area contributed by atoms with Crippen LogP contribution in [0.1, 0.15) is 33.6 Å². The first-order chi connectivity index (χ1) is 6.20. The van der Waals surface area contributed by atoms with E-state index in [1.807, 2.05) is 0 Å². The van der Waals surface area contributed by atoms with E-state index >= 15 is 0 Å². The van der Waals surface area contributed by atoms with Gasteiger partial charge >= 0.3 is 0 Å². The van der Waals surface area contributed by atoms with Crippen molar-refractivity contribution < 1.29 is 14.2 Å². The zero-order valence-electron chi connectivity index (χ0n) is 8.79. The van der Waals surface area contributed by atoms with E-state index in [4.69, 9.17) is 14.2 Å². The molecule has 1 fully saturated rings. The van der Waals surface area contributed by atoms with Crippen LogP contribution in [0.4, 0.5) is 0 Å². The molecule has 0 aromatic heterocycles. The SMILES string of the molecule is CC(C)CCC(C)C1OCOCO1. The smallest absolute Gasteiger partial charge is 0.165 e. The first-order valence-corrected chi connectivity index (χ1v) is 5.01. The number of hydrogen-bond donors (Lipinski definition) is 0. The van der Waals surface area contributed by atoms with E-state index in [2.05, 4.69) is 20.8 Å². The average Bonchev–Trinajstić information content (AvgIpc) is 2.15. The summed E-state index contributed by atoms with van der Waals surface area (Å²) in [7, 11) is 0. The van der Waals surface area contributed by atoms with Crippen molar-refractivity contribution >= 4 is 0 Å². The second-order valence-corrected chi connectivity index (χ2v) is 4.09.